The molecule has 0 radical (unpaired) electrons. The van der Waals surface area contributed by atoms with Crippen LogP contribution in [0, 0.1) is 0 Å². The van der Waals surface area contributed by atoms with E-state index in [1.165, 1.54) is 0 Å². The van der Waals surface area contributed by atoms with E-state index in [9.17, 15) is 4.79 Å². The van der Waals surface area contributed by atoms with Gasteiger partial charge in [-0.15, -0.1) is 0 Å². The van der Waals surface area contributed by atoms with Crippen molar-refractivity contribution in [3.63, 3.8) is 0 Å². The van der Waals surface area contributed by atoms with Crippen molar-refractivity contribution in [2.75, 3.05) is 20.3 Å². The lowest BCUT2D eigenvalue weighted by Crippen LogP contribution is -2.28. The van der Waals surface area contributed by atoms with E-state index < -0.39 is 0 Å². The fourth-order valence-corrected chi connectivity index (χ4v) is 3.07. The maximum absolute atomic E-state index is 12.5. The number of rotatable bonds is 4. The van der Waals surface area contributed by atoms with Gasteiger partial charge in [0.1, 0.15) is 13.2 Å². The van der Waals surface area contributed by atoms with Gasteiger partial charge >= 0.3 is 0 Å². The first-order chi connectivity index (χ1) is 11.5. The van der Waals surface area contributed by atoms with Gasteiger partial charge < -0.3 is 14.4 Å². The summed E-state index contributed by atoms with van der Waals surface area (Å²) in [6.45, 7) is 1.57. The van der Waals surface area contributed by atoms with Crippen LogP contribution in [0.25, 0.3) is 0 Å². The molecule has 2 aromatic rings. The Bertz CT molecular complexity index is 744. The van der Waals surface area contributed by atoms with Crippen molar-refractivity contribution in [1.82, 2.24) is 4.90 Å². The molecule has 6 heteroatoms. The Morgan fingerprint density at radius 2 is 1.75 bits per heavy atom. The number of ether oxygens (including phenoxy) is 2. The Balaban J connectivity index is 1.68. The van der Waals surface area contributed by atoms with Crippen molar-refractivity contribution < 1.29 is 14.3 Å². The molecule has 0 saturated heterocycles. The van der Waals surface area contributed by atoms with Crippen LogP contribution in [0.5, 0.6) is 11.5 Å². The summed E-state index contributed by atoms with van der Waals surface area (Å²) in [5, 5.41) is 1.01. The van der Waals surface area contributed by atoms with Crippen molar-refractivity contribution in [1.29, 1.82) is 0 Å². The minimum atomic E-state index is -0.0557. The van der Waals surface area contributed by atoms with Gasteiger partial charge in [0.2, 0.25) is 5.91 Å². The molecule has 0 bridgehead atoms. The Hall–Kier alpha value is -1.91. The van der Waals surface area contributed by atoms with Crippen LogP contribution in [0.1, 0.15) is 11.1 Å². The van der Waals surface area contributed by atoms with Gasteiger partial charge in [0.25, 0.3) is 0 Å². The first-order valence-corrected chi connectivity index (χ1v) is 8.35. The summed E-state index contributed by atoms with van der Waals surface area (Å²) in [5.41, 5.74) is 1.63. The summed E-state index contributed by atoms with van der Waals surface area (Å²) in [6.07, 6.45) is 0.166. The zero-order valence-corrected chi connectivity index (χ0v) is 14.7. The molecule has 126 valence electrons. The summed E-state index contributed by atoms with van der Waals surface area (Å²) in [5.74, 6) is 1.40. The first-order valence-electron chi connectivity index (χ1n) is 7.60. The molecule has 0 fully saturated rings. The zero-order chi connectivity index (χ0) is 17.1. The average Bonchev–Trinajstić information content (AvgIpc) is 2.58. The first kappa shape index (κ1) is 16.9. The summed E-state index contributed by atoms with van der Waals surface area (Å²) < 4.78 is 11.1. The number of fused-ring (bicyclic) bond motifs is 1. The lowest BCUT2D eigenvalue weighted by molar-refractivity contribution is -0.129. The van der Waals surface area contributed by atoms with Crippen LogP contribution in [0.3, 0.4) is 0 Å². The predicted molar refractivity (Wildman–Crippen MR) is 94.1 cm³/mol. The Kier molecular flexibility index (Phi) is 5.17. The third-order valence-electron chi connectivity index (χ3n) is 3.84. The van der Waals surface area contributed by atoms with Gasteiger partial charge in [0.15, 0.2) is 11.5 Å². The quantitative estimate of drug-likeness (QED) is 0.822. The van der Waals surface area contributed by atoms with Crippen molar-refractivity contribution in [3.8, 4) is 11.5 Å². The number of likely N-dealkylation sites (N-methyl/N-ethyl adjacent to an activating group) is 1. The topological polar surface area (TPSA) is 38.8 Å². The minimum Gasteiger partial charge on any atom is -0.486 e. The monoisotopic (exact) mass is 365 g/mol. The molecule has 0 aromatic heterocycles. The standard InChI is InChI=1S/C18H17Cl2NO3/c1-21(18(22)10-13-14(19)3-2-4-15(13)20)11-12-5-6-16-17(9-12)24-8-7-23-16/h2-6,9H,7-8,10-11H2,1H3. The van der Waals surface area contributed by atoms with Crippen LogP contribution in [-0.4, -0.2) is 31.1 Å². The van der Waals surface area contributed by atoms with Gasteiger partial charge in [-0.05, 0) is 35.4 Å². The summed E-state index contributed by atoms with van der Waals surface area (Å²) in [6, 6.07) is 10.9. The van der Waals surface area contributed by atoms with E-state index in [0.717, 1.165) is 11.3 Å². The molecule has 1 heterocycles. The highest BCUT2D eigenvalue weighted by Crippen LogP contribution is 2.31. The molecule has 24 heavy (non-hydrogen) atoms. The molecule has 1 aliphatic rings. The number of hydrogen-bond acceptors (Lipinski definition) is 3. The maximum Gasteiger partial charge on any atom is 0.227 e. The summed E-state index contributed by atoms with van der Waals surface area (Å²) in [4.78, 5) is 14.1. The number of halogens is 2. The normalized spacial score (nSPS) is 12.8. The lowest BCUT2D eigenvalue weighted by atomic mass is 10.1. The van der Waals surface area contributed by atoms with E-state index in [-0.39, 0.29) is 12.3 Å². The highest BCUT2D eigenvalue weighted by atomic mass is 35.5. The molecule has 0 unspecified atom stereocenters. The molecule has 4 nitrogen and oxygen atoms in total. The number of amides is 1. The Labute approximate surface area is 150 Å². The molecule has 2 aromatic carbocycles. The van der Waals surface area contributed by atoms with E-state index in [1.54, 1.807) is 30.1 Å². The van der Waals surface area contributed by atoms with Crippen LogP contribution in [0.15, 0.2) is 36.4 Å². The molecule has 0 spiro atoms. The second-order valence-electron chi connectivity index (χ2n) is 5.60. The van der Waals surface area contributed by atoms with Crippen molar-refractivity contribution in [2.24, 2.45) is 0 Å². The predicted octanol–water partition coefficient (Wildman–Crippen LogP) is 3.97. The van der Waals surface area contributed by atoms with E-state index in [1.807, 2.05) is 18.2 Å². The number of hydrogen-bond donors (Lipinski definition) is 0. The van der Waals surface area contributed by atoms with Gasteiger partial charge in [-0.2, -0.15) is 0 Å². The highest BCUT2D eigenvalue weighted by molar-refractivity contribution is 6.36. The van der Waals surface area contributed by atoms with Gasteiger partial charge in [-0.3, -0.25) is 4.79 Å². The zero-order valence-electron chi connectivity index (χ0n) is 13.2. The smallest absolute Gasteiger partial charge is 0.227 e. The lowest BCUT2D eigenvalue weighted by Gasteiger charge is -2.21. The van der Waals surface area contributed by atoms with Gasteiger partial charge in [-0.25, -0.2) is 0 Å². The molecule has 0 saturated carbocycles. The average molecular weight is 366 g/mol. The maximum atomic E-state index is 12.5. The second-order valence-corrected chi connectivity index (χ2v) is 6.42. The Morgan fingerprint density at radius 3 is 2.46 bits per heavy atom. The van der Waals surface area contributed by atoms with Crippen molar-refractivity contribution in [2.45, 2.75) is 13.0 Å². The number of carbonyl (C=O) groups is 1. The molecular formula is C18H17Cl2NO3. The number of nitrogens with zero attached hydrogens (tertiary/aromatic N) is 1. The molecule has 1 aliphatic heterocycles. The van der Waals surface area contributed by atoms with E-state index in [4.69, 9.17) is 32.7 Å². The Morgan fingerprint density at radius 1 is 1.08 bits per heavy atom. The molecule has 0 aliphatic carbocycles. The van der Waals surface area contributed by atoms with Crippen LogP contribution in [-0.2, 0) is 17.8 Å². The largest absolute Gasteiger partial charge is 0.486 e. The highest BCUT2D eigenvalue weighted by Gasteiger charge is 2.16. The number of carbonyl (C=O) groups excluding carboxylic acids is 1. The van der Waals surface area contributed by atoms with Crippen LogP contribution >= 0.6 is 23.2 Å². The van der Waals surface area contributed by atoms with Gasteiger partial charge in [0, 0.05) is 23.6 Å². The van der Waals surface area contributed by atoms with Crippen molar-refractivity contribution in [3.05, 3.63) is 57.6 Å². The van der Waals surface area contributed by atoms with Crippen molar-refractivity contribution >= 4 is 29.1 Å². The molecule has 0 atom stereocenters. The van der Waals surface area contributed by atoms with E-state index in [2.05, 4.69) is 0 Å². The fraction of sp³-hybridized carbons (Fsp3) is 0.278. The molecule has 3 rings (SSSR count). The van der Waals surface area contributed by atoms with Crippen LogP contribution < -0.4 is 9.47 Å². The molecular weight excluding hydrogens is 349 g/mol. The second kappa shape index (κ2) is 7.32. The van der Waals surface area contributed by atoms with Gasteiger partial charge in [-0.1, -0.05) is 35.3 Å². The third kappa shape index (κ3) is 3.77. The van der Waals surface area contributed by atoms with Crippen LogP contribution in [0.4, 0.5) is 0 Å². The molecule has 0 N–H and O–H groups in total. The van der Waals surface area contributed by atoms with Crippen LogP contribution in [0.2, 0.25) is 10.0 Å². The fourth-order valence-electron chi connectivity index (χ4n) is 2.54. The van der Waals surface area contributed by atoms with E-state index in [0.29, 0.717) is 41.1 Å². The summed E-state index contributed by atoms with van der Waals surface area (Å²) >= 11 is 12.3. The third-order valence-corrected chi connectivity index (χ3v) is 4.55. The SMILES string of the molecule is CN(Cc1ccc2c(c1)OCCO2)C(=O)Cc1c(Cl)cccc1Cl. The van der Waals surface area contributed by atoms with Gasteiger partial charge in [0.05, 0.1) is 6.42 Å². The molecule has 1 amide bonds. The van der Waals surface area contributed by atoms with E-state index >= 15 is 0 Å². The minimum absolute atomic E-state index is 0.0557. The number of benzene rings is 2. The summed E-state index contributed by atoms with van der Waals surface area (Å²) in [7, 11) is 1.75.